The van der Waals surface area contributed by atoms with E-state index in [0.29, 0.717) is 13.1 Å². The van der Waals surface area contributed by atoms with Gasteiger partial charge in [0.2, 0.25) is 0 Å². The molecule has 134 valence electrons. The summed E-state index contributed by atoms with van der Waals surface area (Å²) in [4.78, 5) is 37.5. The average Bonchev–Trinajstić information content (AvgIpc) is 2.59. The highest BCUT2D eigenvalue weighted by Crippen LogP contribution is 2.14. The number of carbonyl (C=O) groups is 3. The summed E-state index contributed by atoms with van der Waals surface area (Å²) in [6.45, 7) is 8.81. The topological polar surface area (TPSA) is 75.7 Å². The average molecular weight is 365 g/mol. The molecule has 0 saturated heterocycles. The molecule has 0 bridgehead atoms. The lowest BCUT2D eigenvalue weighted by Gasteiger charge is -2.20. The molecular formula is C18H21ClN2O4. The van der Waals surface area contributed by atoms with Crippen LogP contribution in [-0.2, 0) is 14.3 Å². The fourth-order valence-electron chi connectivity index (χ4n) is 1.92. The molecule has 1 aromatic carbocycles. The molecule has 0 aliphatic carbocycles. The third-order valence-electron chi connectivity index (χ3n) is 3.21. The lowest BCUT2D eigenvalue weighted by atomic mass is 10.2. The molecule has 1 unspecified atom stereocenters. The second-order valence-corrected chi connectivity index (χ2v) is 5.57. The number of amides is 2. The molecule has 0 spiro atoms. The second kappa shape index (κ2) is 10.3. The van der Waals surface area contributed by atoms with Crippen LogP contribution >= 0.6 is 11.6 Å². The van der Waals surface area contributed by atoms with Crippen molar-refractivity contribution in [1.29, 1.82) is 0 Å². The summed E-state index contributed by atoms with van der Waals surface area (Å²) in [5, 5.41) is 2.76. The molecule has 7 heteroatoms. The number of halogens is 1. The standard InChI is InChI=1S/C18H21ClN2O4/c1-4-10-21(11-5-2)16(22)12-25-18(24)13(3)20-17(23)14-8-6-7-9-15(14)19/h4-9,13H,1-2,10-12H2,3H3,(H,20,23). The molecule has 1 aromatic rings. The highest BCUT2D eigenvalue weighted by molar-refractivity contribution is 6.33. The minimum Gasteiger partial charge on any atom is -0.454 e. The number of nitrogens with one attached hydrogen (secondary N) is 1. The minimum atomic E-state index is -0.927. The molecule has 0 aromatic heterocycles. The van der Waals surface area contributed by atoms with Gasteiger partial charge in [-0.2, -0.15) is 0 Å². The normalized spacial score (nSPS) is 11.1. The molecule has 1 atom stereocenters. The van der Waals surface area contributed by atoms with Gasteiger partial charge >= 0.3 is 5.97 Å². The van der Waals surface area contributed by atoms with Crippen molar-refractivity contribution in [2.45, 2.75) is 13.0 Å². The molecule has 1 rings (SSSR count). The van der Waals surface area contributed by atoms with Crippen molar-refractivity contribution in [2.24, 2.45) is 0 Å². The molecule has 0 aliphatic rings. The zero-order chi connectivity index (χ0) is 18.8. The summed E-state index contributed by atoms with van der Waals surface area (Å²) in [5.41, 5.74) is 0.253. The van der Waals surface area contributed by atoms with Gasteiger partial charge in [-0.1, -0.05) is 35.9 Å². The predicted octanol–water partition coefficient (Wildman–Crippen LogP) is 2.20. The maximum absolute atomic E-state index is 12.1. The van der Waals surface area contributed by atoms with Gasteiger partial charge < -0.3 is 15.0 Å². The first-order chi connectivity index (χ1) is 11.9. The Balaban J connectivity index is 2.55. The van der Waals surface area contributed by atoms with E-state index in [1.165, 1.54) is 11.8 Å². The van der Waals surface area contributed by atoms with Gasteiger partial charge in [0.25, 0.3) is 11.8 Å². The van der Waals surface area contributed by atoms with E-state index in [2.05, 4.69) is 18.5 Å². The fraction of sp³-hybridized carbons (Fsp3) is 0.278. The van der Waals surface area contributed by atoms with Gasteiger partial charge in [0.05, 0.1) is 10.6 Å². The Hall–Kier alpha value is -2.60. The van der Waals surface area contributed by atoms with Crippen molar-refractivity contribution in [3.05, 3.63) is 60.2 Å². The van der Waals surface area contributed by atoms with Crippen LogP contribution in [0.1, 0.15) is 17.3 Å². The predicted molar refractivity (Wildman–Crippen MR) is 96.3 cm³/mol. The quantitative estimate of drug-likeness (QED) is 0.538. The van der Waals surface area contributed by atoms with Crippen LogP contribution < -0.4 is 5.32 Å². The van der Waals surface area contributed by atoms with Crippen molar-refractivity contribution < 1.29 is 19.1 Å². The Labute approximate surface area is 152 Å². The Kier molecular flexibility index (Phi) is 8.43. The first-order valence-corrected chi connectivity index (χ1v) is 8.00. The zero-order valence-corrected chi connectivity index (χ0v) is 14.8. The first-order valence-electron chi connectivity index (χ1n) is 7.62. The van der Waals surface area contributed by atoms with Crippen molar-refractivity contribution in [3.63, 3.8) is 0 Å². The molecule has 0 saturated carbocycles. The lowest BCUT2D eigenvalue weighted by Crippen LogP contribution is -2.41. The summed E-state index contributed by atoms with van der Waals surface area (Å²) < 4.78 is 4.96. The van der Waals surface area contributed by atoms with Crippen LogP contribution in [0.25, 0.3) is 0 Å². The summed E-state index contributed by atoms with van der Waals surface area (Å²) in [7, 11) is 0. The van der Waals surface area contributed by atoms with Gasteiger partial charge in [0, 0.05) is 13.1 Å². The van der Waals surface area contributed by atoms with Crippen molar-refractivity contribution in [2.75, 3.05) is 19.7 Å². The van der Waals surface area contributed by atoms with Crippen LogP contribution in [0.15, 0.2) is 49.6 Å². The Morgan fingerprint density at radius 3 is 2.40 bits per heavy atom. The Morgan fingerprint density at radius 1 is 1.24 bits per heavy atom. The van der Waals surface area contributed by atoms with Gasteiger partial charge in [-0.3, -0.25) is 9.59 Å². The van der Waals surface area contributed by atoms with Crippen molar-refractivity contribution in [3.8, 4) is 0 Å². The molecule has 0 fully saturated rings. The molecule has 25 heavy (non-hydrogen) atoms. The number of esters is 1. The number of nitrogens with zero attached hydrogens (tertiary/aromatic N) is 1. The van der Waals surface area contributed by atoms with Gasteiger partial charge in [0.1, 0.15) is 6.04 Å². The van der Waals surface area contributed by atoms with E-state index in [1.54, 1.807) is 36.4 Å². The van der Waals surface area contributed by atoms with Crippen LogP contribution in [0, 0.1) is 0 Å². The molecule has 2 amide bonds. The summed E-state index contributed by atoms with van der Waals surface area (Å²) >= 11 is 5.94. The summed E-state index contributed by atoms with van der Waals surface area (Å²) in [6, 6.07) is 5.55. The van der Waals surface area contributed by atoms with Gasteiger partial charge in [-0.15, -0.1) is 13.2 Å². The van der Waals surface area contributed by atoms with Gasteiger partial charge in [-0.25, -0.2) is 4.79 Å². The van der Waals surface area contributed by atoms with E-state index in [9.17, 15) is 14.4 Å². The maximum Gasteiger partial charge on any atom is 0.328 e. The highest BCUT2D eigenvalue weighted by atomic mass is 35.5. The fourth-order valence-corrected chi connectivity index (χ4v) is 2.14. The minimum absolute atomic E-state index is 0.253. The SMILES string of the molecule is C=CCN(CC=C)C(=O)COC(=O)C(C)NC(=O)c1ccccc1Cl. The van der Waals surface area contributed by atoms with Crippen LogP contribution in [0.3, 0.4) is 0 Å². The highest BCUT2D eigenvalue weighted by Gasteiger charge is 2.21. The molecule has 1 N–H and O–H groups in total. The monoisotopic (exact) mass is 364 g/mol. The van der Waals surface area contributed by atoms with E-state index in [1.807, 2.05) is 0 Å². The third kappa shape index (κ3) is 6.43. The number of carbonyl (C=O) groups excluding carboxylic acids is 3. The molecule has 0 aliphatic heterocycles. The number of hydrogen-bond acceptors (Lipinski definition) is 4. The summed E-state index contributed by atoms with van der Waals surface area (Å²) in [5.74, 6) is -1.59. The van der Waals surface area contributed by atoms with E-state index < -0.39 is 24.5 Å². The Bertz CT molecular complexity index is 650. The van der Waals surface area contributed by atoms with E-state index in [-0.39, 0.29) is 16.5 Å². The maximum atomic E-state index is 12.1. The number of hydrogen-bond donors (Lipinski definition) is 1. The molecule has 0 heterocycles. The third-order valence-corrected chi connectivity index (χ3v) is 3.54. The lowest BCUT2D eigenvalue weighted by molar-refractivity contribution is -0.152. The van der Waals surface area contributed by atoms with E-state index in [0.717, 1.165) is 0 Å². The molecule has 0 radical (unpaired) electrons. The van der Waals surface area contributed by atoms with Crippen LogP contribution in [0.2, 0.25) is 5.02 Å². The Morgan fingerprint density at radius 2 is 1.84 bits per heavy atom. The zero-order valence-electron chi connectivity index (χ0n) is 14.0. The first kappa shape index (κ1) is 20.4. The van der Waals surface area contributed by atoms with Gasteiger partial charge in [0.15, 0.2) is 6.61 Å². The second-order valence-electron chi connectivity index (χ2n) is 5.16. The van der Waals surface area contributed by atoms with Crippen molar-refractivity contribution in [1.82, 2.24) is 10.2 Å². The van der Waals surface area contributed by atoms with E-state index >= 15 is 0 Å². The summed E-state index contributed by atoms with van der Waals surface area (Å²) in [6.07, 6.45) is 3.13. The van der Waals surface area contributed by atoms with E-state index in [4.69, 9.17) is 16.3 Å². The number of benzene rings is 1. The number of rotatable bonds is 9. The van der Waals surface area contributed by atoms with Crippen LogP contribution in [-0.4, -0.2) is 48.4 Å². The molecule has 6 nitrogen and oxygen atoms in total. The van der Waals surface area contributed by atoms with Crippen LogP contribution in [0.4, 0.5) is 0 Å². The number of ether oxygens (including phenoxy) is 1. The molecular weight excluding hydrogens is 344 g/mol. The largest absolute Gasteiger partial charge is 0.454 e. The van der Waals surface area contributed by atoms with Gasteiger partial charge in [-0.05, 0) is 19.1 Å². The van der Waals surface area contributed by atoms with Crippen LogP contribution in [0.5, 0.6) is 0 Å². The smallest absolute Gasteiger partial charge is 0.328 e. The van der Waals surface area contributed by atoms with Crippen molar-refractivity contribution >= 4 is 29.4 Å².